The molecule has 4 aromatic rings. The van der Waals surface area contributed by atoms with Gasteiger partial charge in [-0.25, -0.2) is 14.4 Å². The molecular formula is C23H29FN6O3S. The van der Waals surface area contributed by atoms with Crippen LogP contribution in [0.25, 0.3) is 33.7 Å². The maximum atomic E-state index is 13.4. The van der Waals surface area contributed by atoms with Gasteiger partial charge in [0.1, 0.15) is 17.0 Å². The third-order valence-electron chi connectivity index (χ3n) is 4.83. The maximum absolute atomic E-state index is 13.4. The molecule has 0 radical (unpaired) electrons. The Labute approximate surface area is 198 Å². The highest BCUT2D eigenvalue weighted by Crippen LogP contribution is 2.32. The van der Waals surface area contributed by atoms with Crippen molar-refractivity contribution in [1.82, 2.24) is 24.3 Å². The second-order valence-corrected chi connectivity index (χ2v) is 10.2. The third kappa shape index (κ3) is 6.17. The van der Waals surface area contributed by atoms with Crippen LogP contribution in [0.15, 0.2) is 42.6 Å². The predicted molar refractivity (Wildman–Crippen MR) is 131 cm³/mol. The Hall–Kier alpha value is -3.31. The van der Waals surface area contributed by atoms with Gasteiger partial charge in [-0.3, -0.25) is 13.8 Å². The summed E-state index contributed by atoms with van der Waals surface area (Å²) in [5, 5.41) is 4.78. The zero-order chi connectivity index (χ0) is 25.2. The molecule has 182 valence electrons. The lowest BCUT2D eigenvalue weighted by atomic mass is 10.0. The van der Waals surface area contributed by atoms with Crippen molar-refractivity contribution < 1.29 is 17.4 Å². The average Bonchev–Trinajstić information content (AvgIpc) is 3.29. The Kier molecular flexibility index (Phi) is 7.37. The highest BCUT2D eigenvalue weighted by molar-refractivity contribution is 7.85. The predicted octanol–water partition coefficient (Wildman–Crippen LogP) is 4.42. The van der Waals surface area contributed by atoms with Crippen LogP contribution < -0.4 is 5.73 Å². The van der Waals surface area contributed by atoms with Crippen molar-refractivity contribution in [2.75, 3.05) is 12.0 Å². The zero-order valence-corrected chi connectivity index (χ0v) is 20.6. The first kappa shape index (κ1) is 25.3. The Morgan fingerprint density at radius 2 is 1.68 bits per heavy atom. The Bertz CT molecular complexity index is 1380. The van der Waals surface area contributed by atoms with E-state index in [9.17, 15) is 12.8 Å². The number of pyridine rings is 1. The van der Waals surface area contributed by atoms with Gasteiger partial charge in [0.05, 0.1) is 11.9 Å². The number of aromatic nitrogens is 5. The van der Waals surface area contributed by atoms with Crippen molar-refractivity contribution >= 4 is 27.2 Å². The van der Waals surface area contributed by atoms with E-state index in [4.69, 9.17) is 20.4 Å². The molecule has 3 N–H and O–H groups in total. The molecule has 0 amide bonds. The van der Waals surface area contributed by atoms with Crippen molar-refractivity contribution in [2.24, 2.45) is 5.92 Å². The van der Waals surface area contributed by atoms with Crippen LogP contribution >= 0.6 is 0 Å². The van der Waals surface area contributed by atoms with Gasteiger partial charge in [0.25, 0.3) is 10.1 Å². The van der Waals surface area contributed by atoms with Crippen LogP contribution in [-0.2, 0) is 16.7 Å². The first-order chi connectivity index (χ1) is 15.8. The van der Waals surface area contributed by atoms with E-state index < -0.39 is 10.1 Å². The average molecular weight is 489 g/mol. The van der Waals surface area contributed by atoms with Gasteiger partial charge in [-0.2, -0.15) is 13.5 Å². The van der Waals surface area contributed by atoms with Gasteiger partial charge < -0.3 is 5.73 Å². The summed E-state index contributed by atoms with van der Waals surface area (Å²) in [6.45, 7) is 9.14. The van der Waals surface area contributed by atoms with E-state index >= 15 is 0 Å². The molecule has 0 saturated carbocycles. The fourth-order valence-electron chi connectivity index (χ4n) is 3.38. The van der Waals surface area contributed by atoms with Gasteiger partial charge in [0, 0.05) is 24.3 Å². The molecule has 11 heteroatoms. The molecule has 3 heterocycles. The number of fused-ring (bicyclic) bond motifs is 1. The van der Waals surface area contributed by atoms with Crippen LogP contribution in [0.4, 0.5) is 10.3 Å². The number of nitrogens with two attached hydrogens (primary N) is 1. The van der Waals surface area contributed by atoms with E-state index in [0.717, 1.165) is 40.2 Å². The molecule has 0 aliphatic heterocycles. The van der Waals surface area contributed by atoms with Gasteiger partial charge in [-0.1, -0.05) is 26.0 Å². The summed E-state index contributed by atoms with van der Waals surface area (Å²) in [4.78, 5) is 9.30. The van der Waals surface area contributed by atoms with E-state index in [1.807, 2.05) is 27.6 Å². The lowest BCUT2D eigenvalue weighted by Gasteiger charge is -2.09. The molecule has 3 aromatic heterocycles. The molecule has 1 aromatic carbocycles. The van der Waals surface area contributed by atoms with Crippen LogP contribution in [-0.4, -0.2) is 43.5 Å². The van der Waals surface area contributed by atoms with Crippen LogP contribution in [0, 0.1) is 11.7 Å². The van der Waals surface area contributed by atoms with Crippen molar-refractivity contribution in [1.29, 1.82) is 0 Å². The van der Waals surface area contributed by atoms with Crippen LogP contribution in [0.1, 0.15) is 33.7 Å². The van der Waals surface area contributed by atoms with Gasteiger partial charge in [0.2, 0.25) is 5.95 Å². The number of imidazole rings is 1. The number of hydrogen-bond donors (Lipinski definition) is 2. The van der Waals surface area contributed by atoms with Crippen LogP contribution in [0.5, 0.6) is 0 Å². The number of anilines is 1. The zero-order valence-electron chi connectivity index (χ0n) is 19.8. The quantitative estimate of drug-likeness (QED) is 0.398. The van der Waals surface area contributed by atoms with E-state index in [1.54, 1.807) is 12.1 Å². The molecule has 9 nitrogen and oxygen atoms in total. The van der Waals surface area contributed by atoms with E-state index in [-0.39, 0.29) is 11.9 Å². The second-order valence-electron chi connectivity index (χ2n) is 8.72. The molecule has 0 bridgehead atoms. The summed E-state index contributed by atoms with van der Waals surface area (Å²) in [5.74, 6) is 0.610. The third-order valence-corrected chi connectivity index (χ3v) is 4.83. The molecule has 0 aliphatic carbocycles. The number of benzene rings is 1. The molecule has 0 fully saturated rings. The first-order valence-corrected chi connectivity index (χ1v) is 12.6. The summed E-state index contributed by atoms with van der Waals surface area (Å²) >= 11 is 0. The summed E-state index contributed by atoms with van der Waals surface area (Å²) in [7, 11) is -3.67. The van der Waals surface area contributed by atoms with Crippen LogP contribution in [0.3, 0.4) is 0 Å². The molecule has 0 atom stereocenters. The second kappa shape index (κ2) is 9.90. The lowest BCUT2D eigenvalue weighted by molar-refractivity contribution is 0.490. The van der Waals surface area contributed by atoms with Gasteiger partial charge >= 0.3 is 0 Å². The Morgan fingerprint density at radius 3 is 2.24 bits per heavy atom. The number of nitrogens with zero attached hydrogens (tertiary/aromatic N) is 5. The molecule has 4 rings (SSSR count). The topological polar surface area (TPSA) is 129 Å². The monoisotopic (exact) mass is 488 g/mol. The highest BCUT2D eigenvalue weighted by Gasteiger charge is 2.18. The van der Waals surface area contributed by atoms with Crippen molar-refractivity contribution in [3.05, 3.63) is 48.4 Å². The summed E-state index contributed by atoms with van der Waals surface area (Å²) in [5.41, 5.74) is 10.9. The fraction of sp³-hybridized carbons (Fsp3) is 0.348. The first-order valence-electron chi connectivity index (χ1n) is 10.7. The minimum atomic E-state index is -3.67. The SMILES string of the molecule is CC(C)Cn1c(N)nc2ccc(-c3nn(C(C)C)cc3-c3ccc(F)cc3)nc21.CS(=O)(=O)O. The van der Waals surface area contributed by atoms with E-state index in [0.29, 0.717) is 18.1 Å². The molecule has 0 spiro atoms. The van der Waals surface area contributed by atoms with Crippen molar-refractivity contribution in [3.8, 4) is 22.5 Å². The maximum Gasteiger partial charge on any atom is 0.261 e. The Balaban J connectivity index is 0.000000588. The van der Waals surface area contributed by atoms with Crippen LogP contribution in [0.2, 0.25) is 0 Å². The van der Waals surface area contributed by atoms with Gasteiger partial charge in [-0.05, 0) is 49.6 Å². The Morgan fingerprint density at radius 1 is 1.06 bits per heavy atom. The van der Waals surface area contributed by atoms with E-state index in [2.05, 4.69) is 32.7 Å². The number of hydrogen-bond acceptors (Lipinski definition) is 6. The molecule has 0 aliphatic rings. The number of nitrogen functional groups attached to an aromatic ring is 1. The fourth-order valence-corrected chi connectivity index (χ4v) is 3.38. The van der Waals surface area contributed by atoms with Gasteiger partial charge in [-0.15, -0.1) is 0 Å². The van der Waals surface area contributed by atoms with Crippen molar-refractivity contribution in [3.63, 3.8) is 0 Å². The van der Waals surface area contributed by atoms with E-state index in [1.165, 1.54) is 12.1 Å². The standard InChI is InChI=1S/C22H25FN6.CH4O3S/c1-13(2)11-28-21-19(26-22(28)24)10-9-18(25-21)20-17(12-29(27-20)14(3)4)15-5-7-16(23)8-6-15;1-5(2,3)4/h5-10,12-14H,11H2,1-4H3,(H2,24,26);1H3,(H,2,3,4). The number of rotatable bonds is 5. The normalized spacial score (nSPS) is 11.8. The summed E-state index contributed by atoms with van der Waals surface area (Å²) < 4.78 is 43.1. The minimum absolute atomic E-state index is 0.189. The molecule has 34 heavy (non-hydrogen) atoms. The number of halogens is 1. The summed E-state index contributed by atoms with van der Waals surface area (Å²) in [6.07, 6.45) is 2.70. The molecule has 0 saturated heterocycles. The molecule has 0 unspecified atom stereocenters. The van der Waals surface area contributed by atoms with Crippen molar-refractivity contribution in [2.45, 2.75) is 40.3 Å². The largest absolute Gasteiger partial charge is 0.369 e. The highest BCUT2D eigenvalue weighted by atomic mass is 32.2. The molecular weight excluding hydrogens is 459 g/mol. The lowest BCUT2D eigenvalue weighted by Crippen LogP contribution is -2.08. The minimum Gasteiger partial charge on any atom is -0.369 e. The smallest absolute Gasteiger partial charge is 0.261 e. The van der Waals surface area contributed by atoms with Gasteiger partial charge in [0.15, 0.2) is 5.65 Å². The summed E-state index contributed by atoms with van der Waals surface area (Å²) in [6, 6.07) is 10.5.